The van der Waals surface area contributed by atoms with E-state index in [-0.39, 0.29) is 0 Å². The Balaban J connectivity index is 0.000000442. The van der Waals surface area contributed by atoms with Crippen molar-refractivity contribution in [3.63, 3.8) is 0 Å². The molecule has 0 N–H and O–H groups in total. The normalized spacial score (nSPS) is 13.1. The van der Waals surface area contributed by atoms with Gasteiger partial charge in [0.15, 0.2) is 0 Å². The lowest BCUT2D eigenvalue weighted by Crippen LogP contribution is -2.14. The van der Waals surface area contributed by atoms with Crippen LogP contribution in [0.3, 0.4) is 0 Å². The van der Waals surface area contributed by atoms with E-state index < -0.39 is 0 Å². The Labute approximate surface area is 95.1 Å². The van der Waals surface area contributed by atoms with Crippen molar-refractivity contribution in [3.8, 4) is 0 Å². The molecule has 0 bridgehead atoms. The van der Waals surface area contributed by atoms with Gasteiger partial charge in [-0.3, -0.25) is 4.90 Å². The van der Waals surface area contributed by atoms with Crippen LogP contribution in [-0.2, 0) is 13.1 Å². The monoisotopic (exact) mass is 207 g/mol. The van der Waals surface area contributed by atoms with Crippen molar-refractivity contribution >= 4 is 0 Å². The SMILES string of the molecule is CC.CC.CCN1Cc2ccccc2C1. The van der Waals surface area contributed by atoms with Gasteiger partial charge in [0.1, 0.15) is 0 Å². The molecule has 0 unspecified atom stereocenters. The fraction of sp³-hybridized carbons (Fsp3) is 0.571. The minimum Gasteiger partial charge on any atom is -0.295 e. The lowest BCUT2D eigenvalue weighted by Gasteiger charge is -2.09. The Morgan fingerprint density at radius 3 is 1.67 bits per heavy atom. The third-order valence-electron chi connectivity index (χ3n) is 2.35. The summed E-state index contributed by atoms with van der Waals surface area (Å²) in [4.78, 5) is 2.45. The predicted molar refractivity (Wildman–Crippen MR) is 68.9 cm³/mol. The first kappa shape index (κ1) is 14.2. The van der Waals surface area contributed by atoms with E-state index in [2.05, 4.69) is 36.1 Å². The molecule has 0 saturated carbocycles. The van der Waals surface area contributed by atoms with Crippen LogP contribution in [0.15, 0.2) is 24.3 Å². The molecule has 1 heterocycles. The summed E-state index contributed by atoms with van der Waals surface area (Å²) in [7, 11) is 0. The van der Waals surface area contributed by atoms with Crippen molar-refractivity contribution in [1.82, 2.24) is 4.90 Å². The summed E-state index contributed by atoms with van der Waals surface area (Å²) in [5.74, 6) is 0. The Morgan fingerprint density at radius 1 is 0.933 bits per heavy atom. The van der Waals surface area contributed by atoms with Crippen molar-refractivity contribution in [1.29, 1.82) is 0 Å². The molecule has 0 amide bonds. The third kappa shape index (κ3) is 4.05. The first-order valence-electron chi connectivity index (χ1n) is 6.19. The third-order valence-corrected chi connectivity index (χ3v) is 2.35. The van der Waals surface area contributed by atoms with Crippen LogP contribution in [0.1, 0.15) is 45.7 Å². The second kappa shape index (κ2) is 8.49. The summed E-state index contributed by atoms with van der Waals surface area (Å²) < 4.78 is 0. The van der Waals surface area contributed by atoms with E-state index >= 15 is 0 Å². The number of nitrogens with zero attached hydrogens (tertiary/aromatic N) is 1. The maximum Gasteiger partial charge on any atom is 0.0240 e. The standard InChI is InChI=1S/C10H13N.2C2H6/c1-2-11-7-9-5-3-4-6-10(9)8-11;2*1-2/h3-6H,2,7-8H2,1H3;2*1-2H3. The smallest absolute Gasteiger partial charge is 0.0240 e. The highest BCUT2D eigenvalue weighted by Crippen LogP contribution is 2.21. The number of hydrogen-bond acceptors (Lipinski definition) is 1. The molecule has 0 aromatic heterocycles. The lowest BCUT2D eigenvalue weighted by molar-refractivity contribution is 0.301. The van der Waals surface area contributed by atoms with E-state index in [1.807, 2.05) is 27.7 Å². The molecule has 1 aliphatic rings. The van der Waals surface area contributed by atoms with Crippen molar-refractivity contribution in [3.05, 3.63) is 35.4 Å². The Bertz CT molecular complexity index is 230. The maximum atomic E-state index is 2.45. The molecule has 2 rings (SSSR count). The van der Waals surface area contributed by atoms with Gasteiger partial charge in [0.05, 0.1) is 0 Å². The topological polar surface area (TPSA) is 3.24 Å². The first-order valence-corrected chi connectivity index (χ1v) is 6.19. The summed E-state index contributed by atoms with van der Waals surface area (Å²) in [5, 5.41) is 0. The summed E-state index contributed by atoms with van der Waals surface area (Å²) in [6.07, 6.45) is 0. The van der Waals surface area contributed by atoms with Crippen LogP contribution in [0.25, 0.3) is 0 Å². The first-order chi connectivity index (χ1) is 7.40. The predicted octanol–water partition coefficient (Wildman–Crippen LogP) is 4.07. The zero-order chi connectivity index (χ0) is 11.7. The molecule has 1 heteroatoms. The van der Waals surface area contributed by atoms with Gasteiger partial charge in [-0.1, -0.05) is 58.9 Å². The van der Waals surface area contributed by atoms with Crippen LogP contribution in [0, 0.1) is 0 Å². The molecule has 0 atom stereocenters. The highest BCUT2D eigenvalue weighted by atomic mass is 15.1. The number of hydrogen-bond donors (Lipinski definition) is 0. The second-order valence-corrected chi connectivity index (χ2v) is 3.07. The van der Waals surface area contributed by atoms with E-state index in [1.54, 1.807) is 0 Å². The summed E-state index contributed by atoms with van der Waals surface area (Å²) in [5.41, 5.74) is 3.02. The lowest BCUT2D eigenvalue weighted by atomic mass is 10.1. The summed E-state index contributed by atoms with van der Waals surface area (Å²) >= 11 is 0. The second-order valence-electron chi connectivity index (χ2n) is 3.07. The molecule has 0 spiro atoms. The Kier molecular flexibility index (Phi) is 8.02. The molecule has 86 valence electrons. The van der Waals surface area contributed by atoms with Crippen molar-refractivity contribution in [2.45, 2.75) is 47.7 Å². The van der Waals surface area contributed by atoms with Gasteiger partial charge in [0.2, 0.25) is 0 Å². The number of rotatable bonds is 1. The highest BCUT2D eigenvalue weighted by molar-refractivity contribution is 5.29. The van der Waals surface area contributed by atoms with E-state index in [0.717, 1.165) is 19.6 Å². The van der Waals surface area contributed by atoms with E-state index in [9.17, 15) is 0 Å². The average Bonchev–Trinajstić information content (AvgIpc) is 2.77. The number of fused-ring (bicyclic) bond motifs is 1. The van der Waals surface area contributed by atoms with E-state index in [4.69, 9.17) is 0 Å². The van der Waals surface area contributed by atoms with Gasteiger partial charge in [-0.2, -0.15) is 0 Å². The molecule has 1 aliphatic heterocycles. The van der Waals surface area contributed by atoms with Crippen LogP contribution in [0.2, 0.25) is 0 Å². The van der Waals surface area contributed by atoms with Gasteiger partial charge in [-0.25, -0.2) is 0 Å². The van der Waals surface area contributed by atoms with Crippen LogP contribution >= 0.6 is 0 Å². The molecular formula is C14H25N. The van der Waals surface area contributed by atoms with Crippen LogP contribution in [0.4, 0.5) is 0 Å². The van der Waals surface area contributed by atoms with Gasteiger partial charge >= 0.3 is 0 Å². The van der Waals surface area contributed by atoms with Crippen molar-refractivity contribution in [2.75, 3.05) is 6.54 Å². The minimum absolute atomic E-state index is 1.15. The number of benzene rings is 1. The summed E-state index contributed by atoms with van der Waals surface area (Å²) in [6, 6.07) is 8.70. The van der Waals surface area contributed by atoms with Crippen molar-refractivity contribution in [2.24, 2.45) is 0 Å². The highest BCUT2D eigenvalue weighted by Gasteiger charge is 2.15. The molecule has 0 saturated heterocycles. The minimum atomic E-state index is 1.15. The Morgan fingerprint density at radius 2 is 1.33 bits per heavy atom. The fourth-order valence-corrected chi connectivity index (χ4v) is 1.63. The van der Waals surface area contributed by atoms with Crippen LogP contribution in [-0.4, -0.2) is 11.4 Å². The van der Waals surface area contributed by atoms with Crippen LogP contribution < -0.4 is 0 Å². The van der Waals surface area contributed by atoms with Crippen LogP contribution in [0.5, 0.6) is 0 Å². The van der Waals surface area contributed by atoms with E-state index in [0.29, 0.717) is 0 Å². The Hall–Kier alpha value is -0.820. The van der Waals surface area contributed by atoms with Gasteiger partial charge in [-0.15, -0.1) is 0 Å². The zero-order valence-electron chi connectivity index (χ0n) is 10.9. The molecular weight excluding hydrogens is 182 g/mol. The van der Waals surface area contributed by atoms with Gasteiger partial charge in [-0.05, 0) is 17.7 Å². The largest absolute Gasteiger partial charge is 0.295 e. The maximum absolute atomic E-state index is 2.45. The van der Waals surface area contributed by atoms with E-state index in [1.165, 1.54) is 11.1 Å². The zero-order valence-corrected chi connectivity index (χ0v) is 10.9. The molecule has 0 radical (unpaired) electrons. The molecule has 1 aromatic rings. The summed E-state index contributed by atoms with van der Waals surface area (Å²) in [6.45, 7) is 13.7. The van der Waals surface area contributed by atoms with Gasteiger partial charge < -0.3 is 0 Å². The van der Waals surface area contributed by atoms with Gasteiger partial charge in [0, 0.05) is 13.1 Å². The quantitative estimate of drug-likeness (QED) is 0.671. The molecule has 0 aliphatic carbocycles. The molecule has 1 nitrogen and oxygen atoms in total. The average molecular weight is 207 g/mol. The molecule has 15 heavy (non-hydrogen) atoms. The van der Waals surface area contributed by atoms with Crippen molar-refractivity contribution < 1.29 is 0 Å². The molecule has 0 fully saturated rings. The molecule has 1 aromatic carbocycles. The van der Waals surface area contributed by atoms with Gasteiger partial charge in [0.25, 0.3) is 0 Å². The fourth-order valence-electron chi connectivity index (χ4n) is 1.63.